The van der Waals surface area contributed by atoms with E-state index in [1.807, 2.05) is 31.2 Å². The number of hydrogen-bond acceptors (Lipinski definition) is 2. The number of nitriles is 1. The molecular formula is C22H15BrN4. The summed E-state index contributed by atoms with van der Waals surface area (Å²) in [5, 5.41) is 9.02. The van der Waals surface area contributed by atoms with Crippen molar-refractivity contribution in [1.29, 1.82) is 5.26 Å². The summed E-state index contributed by atoms with van der Waals surface area (Å²) in [4.78, 5) is 4.80. The van der Waals surface area contributed by atoms with E-state index in [0.717, 1.165) is 45.0 Å². The van der Waals surface area contributed by atoms with Crippen molar-refractivity contribution in [1.82, 2.24) is 14.1 Å². The molecule has 1 aliphatic rings. The average molecular weight is 415 g/mol. The molecule has 0 fully saturated rings. The Kier molecular flexibility index (Phi) is 3.56. The molecule has 5 rings (SSSR count). The van der Waals surface area contributed by atoms with Crippen LogP contribution in [0, 0.1) is 18.3 Å². The van der Waals surface area contributed by atoms with Gasteiger partial charge in [-0.05, 0) is 54.4 Å². The zero-order chi connectivity index (χ0) is 18.5. The summed E-state index contributed by atoms with van der Waals surface area (Å²) < 4.78 is 5.50. The van der Waals surface area contributed by atoms with Crippen LogP contribution in [0.5, 0.6) is 0 Å². The van der Waals surface area contributed by atoms with Crippen LogP contribution in [0.1, 0.15) is 16.8 Å². The molecule has 130 valence electrons. The van der Waals surface area contributed by atoms with Crippen molar-refractivity contribution >= 4 is 15.9 Å². The predicted octanol–water partition coefficient (Wildman–Crippen LogP) is 5.31. The molecule has 2 aromatic heterocycles. The van der Waals surface area contributed by atoms with Crippen molar-refractivity contribution in [2.24, 2.45) is 0 Å². The van der Waals surface area contributed by atoms with E-state index in [1.165, 1.54) is 5.56 Å². The molecule has 0 unspecified atom stereocenters. The van der Waals surface area contributed by atoms with Gasteiger partial charge < -0.3 is 4.57 Å². The molecular weight excluding hydrogens is 400 g/mol. The van der Waals surface area contributed by atoms with E-state index in [0.29, 0.717) is 5.56 Å². The van der Waals surface area contributed by atoms with Crippen LogP contribution in [-0.4, -0.2) is 14.1 Å². The Bertz CT molecular complexity index is 1220. The molecule has 1 aliphatic heterocycles. The Labute approximate surface area is 165 Å². The number of hydrogen-bond donors (Lipinski definition) is 0. The number of aryl methyl sites for hydroxylation is 1. The monoisotopic (exact) mass is 414 g/mol. The van der Waals surface area contributed by atoms with Gasteiger partial charge in [0.2, 0.25) is 0 Å². The van der Waals surface area contributed by atoms with E-state index in [-0.39, 0.29) is 0 Å². The van der Waals surface area contributed by atoms with Crippen LogP contribution in [0.15, 0.2) is 65.4 Å². The van der Waals surface area contributed by atoms with Gasteiger partial charge in [0.15, 0.2) is 5.82 Å². The standard InChI is InChI=1S/C22H15BrN4/c1-14-11-27-20-7-6-19(23)8-18(20)13-26-12-17(9-21(26)22(27)25-14)16-4-2-15(10-24)3-5-16/h2-9,11-12H,13H2,1H3. The number of nitrogens with zero attached hydrogens (tertiary/aromatic N) is 4. The van der Waals surface area contributed by atoms with Crippen LogP contribution in [0.4, 0.5) is 0 Å². The molecule has 0 N–H and O–H groups in total. The van der Waals surface area contributed by atoms with Crippen molar-refractivity contribution < 1.29 is 0 Å². The Hall–Kier alpha value is -3.10. The second-order valence-electron chi connectivity index (χ2n) is 6.78. The van der Waals surface area contributed by atoms with Gasteiger partial charge in [0.1, 0.15) is 0 Å². The van der Waals surface area contributed by atoms with Crippen molar-refractivity contribution in [2.45, 2.75) is 13.5 Å². The molecule has 0 saturated carbocycles. The fraction of sp³-hybridized carbons (Fsp3) is 0.0909. The highest BCUT2D eigenvalue weighted by atomic mass is 79.9. The molecule has 4 nitrogen and oxygen atoms in total. The highest BCUT2D eigenvalue weighted by Crippen LogP contribution is 2.35. The van der Waals surface area contributed by atoms with Crippen LogP contribution in [0.2, 0.25) is 0 Å². The smallest absolute Gasteiger partial charge is 0.161 e. The number of aromatic nitrogens is 3. The van der Waals surface area contributed by atoms with Crippen molar-refractivity contribution in [3.05, 3.63) is 82.2 Å². The third kappa shape index (κ3) is 2.61. The van der Waals surface area contributed by atoms with Gasteiger partial charge in [-0.3, -0.25) is 4.57 Å². The molecule has 0 atom stereocenters. The quantitative estimate of drug-likeness (QED) is 0.372. The summed E-state index contributed by atoms with van der Waals surface area (Å²) in [6.45, 7) is 2.80. The van der Waals surface area contributed by atoms with Gasteiger partial charge in [-0.15, -0.1) is 0 Å². The highest BCUT2D eigenvalue weighted by Gasteiger charge is 2.22. The van der Waals surface area contributed by atoms with E-state index < -0.39 is 0 Å². The second kappa shape index (κ2) is 5.97. The van der Waals surface area contributed by atoms with Crippen LogP contribution in [0.25, 0.3) is 28.3 Å². The summed E-state index contributed by atoms with van der Waals surface area (Å²) in [5.41, 5.74) is 7.38. The van der Waals surface area contributed by atoms with E-state index in [2.05, 4.69) is 67.8 Å². The molecule has 4 aromatic rings. The molecule has 3 heterocycles. The molecule has 0 bridgehead atoms. The minimum absolute atomic E-state index is 0.671. The highest BCUT2D eigenvalue weighted by molar-refractivity contribution is 9.10. The second-order valence-corrected chi connectivity index (χ2v) is 7.70. The van der Waals surface area contributed by atoms with Gasteiger partial charge in [0, 0.05) is 29.0 Å². The summed E-state index contributed by atoms with van der Waals surface area (Å²) >= 11 is 3.60. The van der Waals surface area contributed by atoms with Gasteiger partial charge in [-0.2, -0.15) is 5.26 Å². The zero-order valence-corrected chi connectivity index (χ0v) is 16.2. The van der Waals surface area contributed by atoms with E-state index in [1.54, 1.807) is 0 Å². The molecule has 2 aromatic carbocycles. The third-order valence-electron chi connectivity index (χ3n) is 4.94. The zero-order valence-electron chi connectivity index (χ0n) is 14.6. The third-order valence-corrected chi connectivity index (χ3v) is 5.43. The van der Waals surface area contributed by atoms with Crippen molar-refractivity contribution in [3.63, 3.8) is 0 Å². The molecule has 0 radical (unpaired) electrons. The number of fused-ring (bicyclic) bond motifs is 5. The maximum absolute atomic E-state index is 9.02. The molecule has 0 spiro atoms. The normalized spacial score (nSPS) is 11.9. The van der Waals surface area contributed by atoms with Crippen LogP contribution in [-0.2, 0) is 6.54 Å². The SMILES string of the molecule is Cc1cn2c(n1)-c1cc(-c3ccc(C#N)cc3)cn1Cc1cc(Br)ccc1-2. The van der Waals surface area contributed by atoms with Gasteiger partial charge in [-0.25, -0.2) is 4.98 Å². The Morgan fingerprint density at radius 1 is 1.04 bits per heavy atom. The first kappa shape index (κ1) is 16.1. The minimum atomic E-state index is 0.671. The fourth-order valence-corrected chi connectivity index (χ4v) is 4.09. The summed E-state index contributed by atoms with van der Waals surface area (Å²) in [6.07, 6.45) is 4.26. The first-order valence-electron chi connectivity index (χ1n) is 8.68. The van der Waals surface area contributed by atoms with Crippen LogP contribution in [0.3, 0.4) is 0 Å². The topological polar surface area (TPSA) is 46.5 Å². The lowest BCUT2D eigenvalue weighted by molar-refractivity contribution is 0.818. The Balaban J connectivity index is 1.71. The molecule has 0 saturated heterocycles. The maximum Gasteiger partial charge on any atom is 0.161 e. The number of imidazole rings is 1. The summed E-state index contributed by atoms with van der Waals surface area (Å²) in [5.74, 6) is 0.952. The first-order chi connectivity index (χ1) is 13.1. The van der Waals surface area contributed by atoms with Crippen molar-refractivity contribution in [3.8, 4) is 34.4 Å². The first-order valence-corrected chi connectivity index (χ1v) is 9.47. The average Bonchev–Trinajstić information content (AvgIpc) is 3.23. The molecule has 5 heteroatoms. The molecule has 27 heavy (non-hydrogen) atoms. The Morgan fingerprint density at radius 2 is 1.85 bits per heavy atom. The largest absolute Gasteiger partial charge is 0.340 e. The van der Waals surface area contributed by atoms with Gasteiger partial charge in [0.25, 0.3) is 0 Å². The minimum Gasteiger partial charge on any atom is -0.340 e. The van der Waals surface area contributed by atoms with Crippen LogP contribution < -0.4 is 0 Å². The lowest BCUT2D eigenvalue weighted by atomic mass is 10.1. The van der Waals surface area contributed by atoms with Gasteiger partial charge in [0.05, 0.1) is 28.7 Å². The molecule has 0 aliphatic carbocycles. The number of benzene rings is 2. The summed E-state index contributed by atoms with van der Waals surface area (Å²) in [6, 6.07) is 18.4. The van der Waals surface area contributed by atoms with E-state index in [9.17, 15) is 0 Å². The van der Waals surface area contributed by atoms with Crippen LogP contribution >= 0.6 is 15.9 Å². The van der Waals surface area contributed by atoms with E-state index in [4.69, 9.17) is 10.2 Å². The van der Waals surface area contributed by atoms with Crippen molar-refractivity contribution in [2.75, 3.05) is 0 Å². The predicted molar refractivity (Wildman–Crippen MR) is 109 cm³/mol. The Morgan fingerprint density at radius 3 is 2.63 bits per heavy atom. The number of halogens is 1. The summed E-state index contributed by atoms with van der Waals surface area (Å²) in [7, 11) is 0. The molecule has 0 amide bonds. The maximum atomic E-state index is 9.02. The fourth-order valence-electron chi connectivity index (χ4n) is 3.69. The lowest BCUT2D eigenvalue weighted by Gasteiger charge is -2.09. The lowest BCUT2D eigenvalue weighted by Crippen LogP contribution is -1.99. The van der Waals surface area contributed by atoms with Gasteiger partial charge in [-0.1, -0.05) is 28.1 Å². The van der Waals surface area contributed by atoms with E-state index >= 15 is 0 Å². The van der Waals surface area contributed by atoms with Gasteiger partial charge >= 0.3 is 0 Å². The number of rotatable bonds is 1.